The van der Waals surface area contributed by atoms with Crippen LogP contribution in [-0.4, -0.2) is 92.8 Å². The number of carbonyl (C=O) groups excluding carboxylic acids is 5. The van der Waals surface area contributed by atoms with Crippen LogP contribution in [0.5, 0.6) is 0 Å². The zero-order valence-corrected chi connectivity index (χ0v) is 32.4. The number of benzene rings is 2. The fourth-order valence-corrected chi connectivity index (χ4v) is 9.49. The minimum atomic E-state index is -0.974. The maximum absolute atomic E-state index is 14.9. The van der Waals surface area contributed by atoms with Gasteiger partial charge in [0.05, 0.1) is 28.9 Å². The molecule has 5 amide bonds. The molecular weight excluding hydrogens is 738 g/mol. The van der Waals surface area contributed by atoms with Crippen LogP contribution in [0, 0.1) is 5.82 Å². The third-order valence-electron chi connectivity index (χ3n) is 11.4. The van der Waals surface area contributed by atoms with Gasteiger partial charge < -0.3 is 15.6 Å². The lowest BCUT2D eigenvalue weighted by molar-refractivity contribution is -0.136. The number of nitrogens with one attached hydrogen (secondary N) is 4. The molecule has 2 aromatic carbocycles. The molecule has 1 unspecified atom stereocenters. The molecule has 15 heteroatoms. The Balaban J connectivity index is 0.764. The number of H-pyrrole nitrogens is 1. The number of hydrogen-bond acceptors (Lipinski definition) is 10. The lowest BCUT2D eigenvalue weighted by Gasteiger charge is -2.31. The van der Waals surface area contributed by atoms with Crippen molar-refractivity contribution in [1.29, 1.82) is 0 Å². The van der Waals surface area contributed by atoms with E-state index in [1.165, 1.54) is 18.9 Å². The van der Waals surface area contributed by atoms with Gasteiger partial charge in [0.25, 0.3) is 17.4 Å². The monoisotopic (exact) mass is 787 g/mol. The Labute approximate surface area is 329 Å². The number of carbonyl (C=O) groups is 5. The number of halogens is 1. The molecule has 4 N–H and O–H groups in total. The number of aryl methyl sites for hydroxylation is 1. The number of unbranched alkanes of at least 4 members (excludes halogenated alkanes) is 4. The van der Waals surface area contributed by atoms with E-state index in [1.807, 2.05) is 6.07 Å². The summed E-state index contributed by atoms with van der Waals surface area (Å²) in [7, 11) is 0. The summed E-state index contributed by atoms with van der Waals surface area (Å²) in [5.41, 5.74) is 2.05. The van der Waals surface area contributed by atoms with Crippen LogP contribution in [0.4, 0.5) is 10.1 Å². The largest absolute Gasteiger partial charge is 0.382 e. The van der Waals surface area contributed by atoms with Gasteiger partial charge in [-0.2, -0.15) is 11.8 Å². The van der Waals surface area contributed by atoms with Gasteiger partial charge in [0.2, 0.25) is 17.7 Å². The molecule has 298 valence electrons. The van der Waals surface area contributed by atoms with E-state index >= 15 is 0 Å². The van der Waals surface area contributed by atoms with Crippen molar-refractivity contribution in [1.82, 2.24) is 30.4 Å². The van der Waals surface area contributed by atoms with Gasteiger partial charge in [-0.25, -0.2) is 9.37 Å². The highest BCUT2D eigenvalue weighted by atomic mass is 32.2. The smallest absolute Gasteiger partial charge is 0.262 e. The standard InChI is InChI=1S/C41H50FN7O6S/c42-30-21-27(44-26-11-5-6-12-26)22-31-37(30)39(53)46-33(45-31)24-56-28-16-19-48(20-17-28)23-35(51)43-18-7-3-1-2-4-9-25-10-8-13-29-36(25)41(55)49(40(29)54)32-14-15-34(50)47-38(32)52/h8,10,13,21-22,26,28,32,44H,1-7,9,11-12,14-20,23-24H2,(H,43,51)(H,45,46,53)(H,47,50,52). The van der Waals surface area contributed by atoms with Crippen molar-refractivity contribution in [2.45, 2.75) is 113 Å². The van der Waals surface area contributed by atoms with E-state index in [0.29, 0.717) is 64.7 Å². The number of rotatable bonds is 16. The molecule has 1 aromatic heterocycles. The molecule has 2 saturated heterocycles. The zero-order valence-electron chi connectivity index (χ0n) is 31.6. The molecule has 0 spiro atoms. The van der Waals surface area contributed by atoms with Gasteiger partial charge in [-0.1, -0.05) is 44.2 Å². The minimum Gasteiger partial charge on any atom is -0.382 e. The summed E-state index contributed by atoms with van der Waals surface area (Å²) in [6, 6.07) is 7.76. The summed E-state index contributed by atoms with van der Waals surface area (Å²) in [5.74, 6) is -1.44. The molecule has 3 aromatic rings. The second-order valence-corrected chi connectivity index (χ2v) is 16.7. The van der Waals surface area contributed by atoms with Gasteiger partial charge in [0.1, 0.15) is 23.1 Å². The fraction of sp³-hybridized carbons (Fsp3) is 0.537. The number of fused-ring (bicyclic) bond motifs is 2. The number of imide groups is 2. The van der Waals surface area contributed by atoms with E-state index in [9.17, 15) is 33.2 Å². The lowest BCUT2D eigenvalue weighted by Crippen LogP contribution is -2.54. The number of aromatic nitrogens is 2. The van der Waals surface area contributed by atoms with Gasteiger partial charge in [0, 0.05) is 29.9 Å². The first kappa shape index (κ1) is 39.6. The summed E-state index contributed by atoms with van der Waals surface area (Å²) in [6.07, 6.45) is 11.7. The minimum absolute atomic E-state index is 0.00664. The Bertz CT molecular complexity index is 2040. The van der Waals surface area contributed by atoms with E-state index in [0.717, 1.165) is 81.3 Å². The predicted octanol–water partition coefficient (Wildman–Crippen LogP) is 4.82. The van der Waals surface area contributed by atoms with Gasteiger partial charge in [0.15, 0.2) is 0 Å². The van der Waals surface area contributed by atoms with Crippen LogP contribution in [0.25, 0.3) is 10.9 Å². The second-order valence-electron chi connectivity index (χ2n) is 15.4. The van der Waals surface area contributed by atoms with Crippen molar-refractivity contribution in [2.24, 2.45) is 0 Å². The average Bonchev–Trinajstić information content (AvgIpc) is 3.77. The van der Waals surface area contributed by atoms with Gasteiger partial charge >= 0.3 is 0 Å². The van der Waals surface area contributed by atoms with Crippen LogP contribution in [-0.2, 0) is 26.6 Å². The van der Waals surface area contributed by atoms with Gasteiger partial charge in [-0.15, -0.1) is 0 Å². The van der Waals surface area contributed by atoms with Crippen molar-refractivity contribution >= 4 is 57.9 Å². The maximum atomic E-state index is 14.9. The summed E-state index contributed by atoms with van der Waals surface area (Å²) in [6.45, 7) is 2.60. The summed E-state index contributed by atoms with van der Waals surface area (Å²) < 4.78 is 14.9. The Hall–Kier alpha value is -4.63. The number of likely N-dealkylation sites (tertiary alicyclic amines) is 1. The number of aromatic amines is 1. The van der Waals surface area contributed by atoms with E-state index in [1.54, 1.807) is 30.0 Å². The molecule has 56 heavy (non-hydrogen) atoms. The number of anilines is 1. The molecule has 0 bridgehead atoms. The highest BCUT2D eigenvalue weighted by molar-refractivity contribution is 7.99. The third-order valence-corrected chi connectivity index (χ3v) is 12.8. The van der Waals surface area contributed by atoms with E-state index in [4.69, 9.17) is 0 Å². The predicted molar refractivity (Wildman–Crippen MR) is 212 cm³/mol. The van der Waals surface area contributed by atoms with Crippen molar-refractivity contribution in [3.8, 4) is 0 Å². The first-order valence-electron chi connectivity index (χ1n) is 20.1. The van der Waals surface area contributed by atoms with Crippen LogP contribution in [0.1, 0.15) is 116 Å². The molecule has 1 saturated carbocycles. The zero-order chi connectivity index (χ0) is 39.2. The normalized spacial score (nSPS) is 19.5. The first-order valence-corrected chi connectivity index (χ1v) is 21.1. The summed E-state index contributed by atoms with van der Waals surface area (Å²) in [4.78, 5) is 86.3. The van der Waals surface area contributed by atoms with Gasteiger partial charge in [-0.05, 0) is 88.2 Å². The quantitative estimate of drug-likeness (QED) is 0.116. The Kier molecular flexibility index (Phi) is 12.8. The van der Waals surface area contributed by atoms with E-state index in [-0.39, 0.29) is 24.1 Å². The molecular formula is C41H50FN7O6S. The molecule has 1 aliphatic carbocycles. The van der Waals surface area contributed by atoms with E-state index in [2.05, 4.69) is 30.8 Å². The number of piperidine rings is 2. The molecule has 0 radical (unpaired) electrons. The molecule has 3 aliphatic heterocycles. The first-order chi connectivity index (χ1) is 27.1. The van der Waals surface area contributed by atoms with Crippen LogP contribution < -0.4 is 21.5 Å². The average molecular weight is 788 g/mol. The number of hydrogen-bond donors (Lipinski definition) is 4. The topological polar surface area (TPSA) is 174 Å². The number of thioether (sulfide) groups is 1. The Morgan fingerprint density at radius 3 is 2.48 bits per heavy atom. The second kappa shape index (κ2) is 18.1. The molecule has 7 rings (SSSR count). The van der Waals surface area contributed by atoms with Crippen molar-refractivity contribution in [3.63, 3.8) is 0 Å². The molecule has 1 atom stereocenters. The third kappa shape index (κ3) is 9.31. The van der Waals surface area contributed by atoms with Crippen LogP contribution in [0.3, 0.4) is 0 Å². The van der Waals surface area contributed by atoms with Crippen molar-refractivity contribution in [2.75, 3.05) is 31.5 Å². The molecule has 4 aliphatic rings. The number of nitrogens with zero attached hydrogens (tertiary/aromatic N) is 3. The number of amides is 5. The van der Waals surface area contributed by atoms with Crippen molar-refractivity contribution < 1.29 is 28.4 Å². The highest BCUT2D eigenvalue weighted by Crippen LogP contribution is 2.31. The molecule has 4 heterocycles. The SMILES string of the molecule is O=C(CN1CCC(SCc2nc3cc(NC4CCCC4)cc(F)c3c(=O)[nH]2)CC1)NCCCCCCCc1cccc2c1C(=O)N(C1CCC(=O)NC1=O)C2=O. The fourth-order valence-electron chi connectivity index (χ4n) is 8.41. The molecule has 3 fully saturated rings. The molecule has 13 nitrogen and oxygen atoms in total. The van der Waals surface area contributed by atoms with E-state index < -0.39 is 41.0 Å². The van der Waals surface area contributed by atoms with Crippen LogP contribution >= 0.6 is 11.8 Å². The van der Waals surface area contributed by atoms with Crippen LogP contribution in [0.15, 0.2) is 35.1 Å². The van der Waals surface area contributed by atoms with Gasteiger partial charge in [-0.3, -0.25) is 43.9 Å². The van der Waals surface area contributed by atoms with Crippen molar-refractivity contribution in [3.05, 3.63) is 69.0 Å². The summed E-state index contributed by atoms with van der Waals surface area (Å²) in [5, 5.41) is 9.04. The lowest BCUT2D eigenvalue weighted by atomic mass is 9.97. The Morgan fingerprint density at radius 1 is 0.929 bits per heavy atom. The summed E-state index contributed by atoms with van der Waals surface area (Å²) >= 11 is 1.74. The Morgan fingerprint density at radius 2 is 1.70 bits per heavy atom. The highest BCUT2D eigenvalue weighted by Gasteiger charge is 2.45. The maximum Gasteiger partial charge on any atom is 0.262 e. The van der Waals surface area contributed by atoms with Crippen LogP contribution in [0.2, 0.25) is 0 Å².